The highest BCUT2D eigenvalue weighted by Gasteiger charge is 2.55. The van der Waals surface area contributed by atoms with E-state index in [1.54, 1.807) is 17.3 Å². The number of hydrogen-bond donors (Lipinski definition) is 1. The van der Waals surface area contributed by atoms with E-state index in [4.69, 9.17) is 0 Å². The van der Waals surface area contributed by atoms with Crippen LogP contribution < -0.4 is 4.90 Å². The quantitative estimate of drug-likeness (QED) is 0.716. The summed E-state index contributed by atoms with van der Waals surface area (Å²) in [5.74, 6) is -0.948. The predicted molar refractivity (Wildman–Crippen MR) is 120 cm³/mol. The lowest BCUT2D eigenvalue weighted by Crippen LogP contribution is -2.63. The molecule has 0 saturated carbocycles. The molecule has 1 N–H and O–H groups in total. The number of rotatable bonds is 5. The second kappa shape index (κ2) is 8.03. The van der Waals surface area contributed by atoms with Crippen molar-refractivity contribution in [1.29, 1.82) is 0 Å². The summed E-state index contributed by atoms with van der Waals surface area (Å²) in [7, 11) is 2.01. The zero-order valence-electron chi connectivity index (χ0n) is 19.2. The highest BCUT2D eigenvalue weighted by atomic mass is 19.4. The Labute approximate surface area is 188 Å². The number of benzene rings is 1. The fraction of sp³-hybridized carbons (Fsp3) is 0.560. The smallest absolute Gasteiger partial charge is 0.380 e. The Balaban J connectivity index is 1.72. The van der Waals surface area contributed by atoms with E-state index in [0.29, 0.717) is 36.8 Å². The molecule has 32 heavy (non-hydrogen) atoms. The van der Waals surface area contributed by atoms with E-state index in [-0.39, 0.29) is 13.0 Å². The van der Waals surface area contributed by atoms with Crippen LogP contribution in [0.25, 0.3) is 0 Å². The fourth-order valence-electron chi connectivity index (χ4n) is 5.41. The minimum atomic E-state index is -4.19. The lowest BCUT2D eigenvalue weighted by molar-refractivity contribution is -0.168. The number of alkyl halides is 3. The maximum absolute atomic E-state index is 13.2. The summed E-state index contributed by atoms with van der Waals surface area (Å²) < 4.78 is 39.6. The second-order valence-electron chi connectivity index (χ2n) is 10.1. The van der Waals surface area contributed by atoms with E-state index in [2.05, 4.69) is 30.7 Å². The molecule has 2 aliphatic rings. The van der Waals surface area contributed by atoms with Crippen molar-refractivity contribution in [2.75, 3.05) is 38.1 Å². The molecule has 2 aliphatic heterocycles. The summed E-state index contributed by atoms with van der Waals surface area (Å²) in [6, 6.07) is 9.86. The molecule has 0 amide bonds. The van der Waals surface area contributed by atoms with Gasteiger partial charge in [0.1, 0.15) is 5.60 Å². The lowest BCUT2D eigenvalue weighted by atomic mass is 9.62. The van der Waals surface area contributed by atoms with Crippen LogP contribution in [0.3, 0.4) is 0 Å². The maximum Gasteiger partial charge on any atom is 0.393 e. The molecule has 0 radical (unpaired) electrons. The molecule has 0 bridgehead atoms. The number of halogens is 3. The lowest BCUT2D eigenvalue weighted by Gasteiger charge is -2.56. The summed E-state index contributed by atoms with van der Waals surface area (Å²) in [4.78, 5) is 8.23. The van der Waals surface area contributed by atoms with E-state index < -0.39 is 23.1 Å². The van der Waals surface area contributed by atoms with Gasteiger partial charge in [0.05, 0.1) is 17.8 Å². The maximum atomic E-state index is 13.2. The van der Waals surface area contributed by atoms with Gasteiger partial charge in [0.2, 0.25) is 0 Å². The Morgan fingerprint density at radius 1 is 1.09 bits per heavy atom. The first-order chi connectivity index (χ1) is 14.9. The van der Waals surface area contributed by atoms with Gasteiger partial charge >= 0.3 is 6.18 Å². The summed E-state index contributed by atoms with van der Waals surface area (Å²) in [5, 5.41) is 12.3. The topological polar surface area (TPSA) is 39.6 Å². The van der Waals surface area contributed by atoms with Crippen molar-refractivity contribution in [3.05, 3.63) is 59.4 Å². The van der Waals surface area contributed by atoms with Gasteiger partial charge in [-0.1, -0.05) is 45.0 Å². The van der Waals surface area contributed by atoms with Crippen LogP contribution in [0.4, 0.5) is 18.9 Å². The standard InChI is InChI=1S/C25H32F3N3O/c1-17(2)18-5-7-19(8-6-18)24(32,23(3)15-30(4)16-23)21-11-22(13-29-12-21)31-10-9-20(14-31)25(26,27)28/h5-8,11-13,17,20,32H,9-10,14-16H2,1-4H3/t20?,24-/m0/s1. The molecule has 0 spiro atoms. The highest BCUT2D eigenvalue weighted by Crippen LogP contribution is 2.50. The van der Waals surface area contributed by atoms with Crippen LogP contribution in [0, 0.1) is 11.3 Å². The van der Waals surface area contributed by atoms with Crippen LogP contribution in [0.5, 0.6) is 0 Å². The summed E-state index contributed by atoms with van der Waals surface area (Å²) in [6.45, 7) is 7.99. The van der Waals surface area contributed by atoms with Gasteiger partial charge in [-0.2, -0.15) is 13.2 Å². The Hall–Kier alpha value is -2.12. The SMILES string of the molecule is CC(C)c1ccc([C@](O)(c2cncc(N3CCC(C(F)(F)F)C3)c2)C2(C)CN(C)C2)cc1. The molecule has 0 aliphatic carbocycles. The third-order valence-electron chi connectivity index (χ3n) is 7.26. The second-order valence-corrected chi connectivity index (χ2v) is 10.1. The van der Waals surface area contributed by atoms with Gasteiger partial charge in [-0.3, -0.25) is 4.98 Å². The normalized spacial score (nSPS) is 23.3. The third kappa shape index (κ3) is 3.90. The van der Waals surface area contributed by atoms with E-state index >= 15 is 0 Å². The van der Waals surface area contributed by atoms with Gasteiger partial charge in [-0.25, -0.2) is 0 Å². The average Bonchev–Trinajstić information content (AvgIpc) is 3.23. The van der Waals surface area contributed by atoms with Crippen LogP contribution in [0.1, 0.15) is 49.8 Å². The molecule has 2 saturated heterocycles. The number of pyridine rings is 1. The van der Waals surface area contributed by atoms with Gasteiger partial charge in [-0.15, -0.1) is 0 Å². The van der Waals surface area contributed by atoms with E-state index in [0.717, 1.165) is 5.56 Å². The summed E-state index contributed by atoms with van der Waals surface area (Å²) >= 11 is 0. The first-order valence-electron chi connectivity index (χ1n) is 11.2. The number of nitrogens with zero attached hydrogens (tertiary/aromatic N) is 3. The van der Waals surface area contributed by atoms with Crippen LogP contribution >= 0.6 is 0 Å². The average molecular weight is 448 g/mol. The molecule has 4 rings (SSSR count). The number of aliphatic hydroxyl groups is 1. The van der Waals surface area contributed by atoms with Crippen molar-refractivity contribution >= 4 is 5.69 Å². The molecular formula is C25H32F3N3O. The number of aromatic nitrogens is 1. The molecule has 174 valence electrons. The van der Waals surface area contributed by atoms with Gasteiger partial charge < -0.3 is 14.9 Å². The Kier molecular flexibility index (Phi) is 5.78. The summed E-state index contributed by atoms with van der Waals surface area (Å²) in [5.41, 5.74) is 1.48. The van der Waals surface area contributed by atoms with Gasteiger partial charge in [-0.05, 0) is 36.6 Å². The molecule has 2 aromatic rings. The van der Waals surface area contributed by atoms with Crippen LogP contribution in [-0.2, 0) is 5.60 Å². The zero-order chi connectivity index (χ0) is 23.3. The molecule has 2 fully saturated rings. The first kappa shape index (κ1) is 23.1. The van der Waals surface area contributed by atoms with Gasteiger partial charge in [0.15, 0.2) is 0 Å². The van der Waals surface area contributed by atoms with Crippen molar-refractivity contribution in [3.8, 4) is 0 Å². The van der Waals surface area contributed by atoms with E-state index in [1.807, 2.05) is 37.4 Å². The Bertz CT molecular complexity index is 954. The van der Waals surface area contributed by atoms with Gasteiger partial charge in [0.25, 0.3) is 0 Å². The summed E-state index contributed by atoms with van der Waals surface area (Å²) in [6.07, 6.45) is -0.861. The molecule has 1 aromatic carbocycles. The van der Waals surface area contributed by atoms with Gasteiger partial charge in [0, 0.05) is 43.4 Å². The van der Waals surface area contributed by atoms with Crippen LogP contribution in [0.2, 0.25) is 0 Å². The van der Waals surface area contributed by atoms with Crippen molar-refractivity contribution in [2.45, 2.75) is 44.9 Å². The molecule has 3 heterocycles. The largest absolute Gasteiger partial charge is 0.393 e. The van der Waals surface area contributed by atoms with Crippen molar-refractivity contribution < 1.29 is 18.3 Å². The number of hydrogen-bond acceptors (Lipinski definition) is 4. The molecule has 4 nitrogen and oxygen atoms in total. The Morgan fingerprint density at radius 2 is 1.75 bits per heavy atom. The van der Waals surface area contributed by atoms with Crippen molar-refractivity contribution in [1.82, 2.24) is 9.88 Å². The number of likely N-dealkylation sites (tertiary alicyclic amines) is 1. The molecular weight excluding hydrogens is 415 g/mol. The molecule has 7 heteroatoms. The number of anilines is 1. The molecule has 2 atom stereocenters. The minimum Gasteiger partial charge on any atom is -0.380 e. The van der Waals surface area contributed by atoms with Crippen LogP contribution in [-0.4, -0.2) is 54.4 Å². The van der Waals surface area contributed by atoms with E-state index in [9.17, 15) is 18.3 Å². The molecule has 1 unspecified atom stereocenters. The van der Waals surface area contributed by atoms with E-state index in [1.165, 1.54) is 5.56 Å². The molecule has 1 aromatic heterocycles. The predicted octanol–water partition coefficient (Wildman–Crippen LogP) is 4.78. The van der Waals surface area contributed by atoms with Crippen molar-refractivity contribution in [3.63, 3.8) is 0 Å². The third-order valence-corrected chi connectivity index (χ3v) is 7.26. The highest BCUT2D eigenvalue weighted by molar-refractivity contribution is 5.51. The zero-order valence-corrected chi connectivity index (χ0v) is 19.2. The van der Waals surface area contributed by atoms with Crippen LogP contribution in [0.15, 0.2) is 42.7 Å². The Morgan fingerprint density at radius 3 is 2.28 bits per heavy atom. The first-order valence-corrected chi connectivity index (χ1v) is 11.2. The minimum absolute atomic E-state index is 0.0733. The fourth-order valence-corrected chi connectivity index (χ4v) is 5.41. The van der Waals surface area contributed by atoms with Crippen molar-refractivity contribution in [2.24, 2.45) is 11.3 Å². The monoisotopic (exact) mass is 447 g/mol.